The summed E-state index contributed by atoms with van der Waals surface area (Å²) in [6, 6.07) is 0. The lowest BCUT2D eigenvalue weighted by Crippen LogP contribution is -2.42. The summed E-state index contributed by atoms with van der Waals surface area (Å²) in [5.41, 5.74) is 1.56. The Kier molecular flexibility index (Phi) is 1.56. The highest BCUT2D eigenvalue weighted by Crippen LogP contribution is 2.61. The van der Waals surface area contributed by atoms with Gasteiger partial charge in [-0.1, -0.05) is 27.6 Å². The topological polar surface area (TPSA) is 17.1 Å². The Morgan fingerprint density at radius 1 is 1.54 bits per heavy atom. The maximum Gasteiger partial charge on any atom is 0.150 e. The fourth-order valence-electron chi connectivity index (χ4n) is 3.30. The fourth-order valence-corrected chi connectivity index (χ4v) is 4.39. The van der Waals surface area contributed by atoms with Crippen LogP contribution in [0.1, 0.15) is 32.1 Å². The van der Waals surface area contributed by atoms with Crippen LogP contribution in [0.15, 0.2) is 11.6 Å². The van der Waals surface area contributed by atoms with Gasteiger partial charge in [0.05, 0.1) is 4.32 Å². The van der Waals surface area contributed by atoms with Crippen molar-refractivity contribution in [1.82, 2.24) is 0 Å². The summed E-state index contributed by atoms with van der Waals surface area (Å²) in [5.74, 6) is 1.83. The highest BCUT2D eigenvalue weighted by Gasteiger charge is 2.57. The molecule has 1 nitrogen and oxygen atoms in total. The van der Waals surface area contributed by atoms with Crippen LogP contribution in [0.2, 0.25) is 0 Å². The Hall–Kier alpha value is -0.110. The van der Waals surface area contributed by atoms with Crippen molar-refractivity contribution in [3.8, 4) is 0 Å². The molecule has 0 aliphatic heterocycles. The van der Waals surface area contributed by atoms with Crippen molar-refractivity contribution < 1.29 is 4.79 Å². The molecule has 0 N–H and O–H groups in total. The Balaban J connectivity index is 2.06. The molecule has 0 aromatic carbocycles. The van der Waals surface area contributed by atoms with E-state index in [2.05, 4.69) is 22.0 Å². The van der Waals surface area contributed by atoms with Crippen molar-refractivity contribution in [2.45, 2.75) is 36.4 Å². The van der Waals surface area contributed by atoms with Crippen molar-refractivity contribution in [1.29, 1.82) is 0 Å². The molecule has 0 aromatic rings. The zero-order chi connectivity index (χ0) is 9.05. The summed E-state index contributed by atoms with van der Waals surface area (Å²) in [7, 11) is 0. The molecule has 3 aliphatic rings. The molecule has 13 heavy (non-hydrogen) atoms. The van der Waals surface area contributed by atoms with Gasteiger partial charge in [-0.2, -0.15) is 0 Å². The molecule has 0 amide bonds. The normalized spacial score (nSPS) is 47.8. The van der Waals surface area contributed by atoms with Crippen molar-refractivity contribution in [2.75, 3.05) is 0 Å². The van der Waals surface area contributed by atoms with Gasteiger partial charge in [-0.05, 0) is 31.6 Å². The van der Waals surface area contributed by atoms with Crippen LogP contribution in [0.25, 0.3) is 0 Å². The molecule has 0 heterocycles. The summed E-state index contributed by atoms with van der Waals surface area (Å²) in [5, 5.41) is 0. The molecule has 2 fully saturated rings. The molecular weight excluding hydrogens is 228 g/mol. The molecule has 0 radical (unpaired) electrons. The molecule has 3 atom stereocenters. The van der Waals surface area contributed by atoms with Crippen molar-refractivity contribution in [3.05, 3.63) is 11.6 Å². The first-order valence-electron chi connectivity index (χ1n) is 5.13. The van der Waals surface area contributed by atoms with Gasteiger partial charge in [-0.15, -0.1) is 0 Å². The number of ketones is 1. The van der Waals surface area contributed by atoms with E-state index in [1.165, 1.54) is 12.8 Å². The number of alkyl halides is 1. The Bertz CT molecular complexity index is 307. The zero-order valence-electron chi connectivity index (χ0n) is 7.55. The fraction of sp³-hybridized carbons (Fsp3) is 0.727. The zero-order valence-corrected chi connectivity index (χ0v) is 9.14. The predicted octanol–water partition coefficient (Wildman–Crippen LogP) is 2.84. The van der Waals surface area contributed by atoms with Gasteiger partial charge in [0.2, 0.25) is 0 Å². The Morgan fingerprint density at radius 2 is 2.38 bits per heavy atom. The molecule has 0 saturated heterocycles. The lowest BCUT2D eigenvalue weighted by molar-refractivity contribution is -0.121. The summed E-state index contributed by atoms with van der Waals surface area (Å²) < 4.78 is -0.141. The first kappa shape index (κ1) is 8.22. The molecule has 2 heteroatoms. The van der Waals surface area contributed by atoms with Gasteiger partial charge in [0, 0.05) is 12.3 Å². The number of allylic oxidation sites excluding steroid dienone is 2. The van der Waals surface area contributed by atoms with Gasteiger partial charge >= 0.3 is 0 Å². The van der Waals surface area contributed by atoms with Gasteiger partial charge in [0.25, 0.3) is 0 Å². The van der Waals surface area contributed by atoms with E-state index >= 15 is 0 Å². The average Bonchev–Trinajstić information content (AvgIpc) is 2.27. The SMILES string of the molecule is O=C1CCC=C2C[C@H]3CC[C@]1(Br)[C@@H]23. The minimum absolute atomic E-state index is 0.141. The second-order valence-electron chi connectivity index (χ2n) is 4.58. The third-order valence-electron chi connectivity index (χ3n) is 3.98. The molecule has 0 bridgehead atoms. The van der Waals surface area contributed by atoms with E-state index in [-0.39, 0.29) is 4.32 Å². The standard InChI is InChI=1S/C11H13BrO/c12-11-5-4-8-6-7(10(8)11)2-1-3-9(11)13/h2,8,10H,1,3-6H2/t8-,10+,11-/m1/s1. The Morgan fingerprint density at radius 3 is 3.23 bits per heavy atom. The lowest BCUT2D eigenvalue weighted by atomic mass is 9.68. The van der Waals surface area contributed by atoms with Crippen LogP contribution in [0.5, 0.6) is 0 Å². The van der Waals surface area contributed by atoms with E-state index in [1.807, 2.05) is 0 Å². The number of hydrogen-bond donors (Lipinski definition) is 0. The van der Waals surface area contributed by atoms with Crippen LogP contribution in [0.3, 0.4) is 0 Å². The van der Waals surface area contributed by atoms with Crippen LogP contribution < -0.4 is 0 Å². The predicted molar refractivity (Wildman–Crippen MR) is 54.8 cm³/mol. The van der Waals surface area contributed by atoms with Crippen molar-refractivity contribution >= 4 is 21.7 Å². The third kappa shape index (κ3) is 0.903. The summed E-state index contributed by atoms with van der Waals surface area (Å²) in [6.07, 6.45) is 7.62. The second kappa shape index (κ2) is 2.47. The quantitative estimate of drug-likeness (QED) is 0.470. The van der Waals surface area contributed by atoms with Crippen LogP contribution in [-0.4, -0.2) is 10.1 Å². The summed E-state index contributed by atoms with van der Waals surface area (Å²) >= 11 is 3.72. The molecule has 0 aromatic heterocycles. The number of carbonyl (C=O) groups excluding carboxylic acids is 1. The first-order chi connectivity index (χ1) is 6.22. The van der Waals surface area contributed by atoms with E-state index in [9.17, 15) is 4.79 Å². The molecule has 3 rings (SSSR count). The minimum Gasteiger partial charge on any atom is -0.298 e. The number of rotatable bonds is 0. The first-order valence-corrected chi connectivity index (χ1v) is 5.92. The van der Waals surface area contributed by atoms with Gasteiger partial charge in [0.15, 0.2) is 0 Å². The van der Waals surface area contributed by atoms with Crippen LogP contribution in [0.4, 0.5) is 0 Å². The molecule has 2 saturated carbocycles. The van der Waals surface area contributed by atoms with Gasteiger partial charge < -0.3 is 0 Å². The highest BCUT2D eigenvalue weighted by molar-refractivity contribution is 9.10. The van der Waals surface area contributed by atoms with E-state index in [0.29, 0.717) is 11.7 Å². The number of halogens is 1. The maximum absolute atomic E-state index is 11.9. The highest BCUT2D eigenvalue weighted by atomic mass is 79.9. The Labute approximate surface area is 86.7 Å². The number of hydrogen-bond acceptors (Lipinski definition) is 1. The molecule has 3 aliphatic carbocycles. The van der Waals surface area contributed by atoms with Gasteiger partial charge in [-0.25, -0.2) is 0 Å². The molecular formula is C11H13BrO. The largest absolute Gasteiger partial charge is 0.298 e. The minimum atomic E-state index is -0.141. The van der Waals surface area contributed by atoms with Crippen LogP contribution >= 0.6 is 15.9 Å². The van der Waals surface area contributed by atoms with E-state index in [4.69, 9.17) is 0 Å². The lowest BCUT2D eigenvalue weighted by Gasteiger charge is -2.40. The van der Waals surface area contributed by atoms with Gasteiger partial charge in [-0.3, -0.25) is 4.79 Å². The second-order valence-corrected chi connectivity index (χ2v) is 6.00. The van der Waals surface area contributed by atoms with E-state index in [0.717, 1.165) is 25.2 Å². The number of carbonyl (C=O) groups is 1. The van der Waals surface area contributed by atoms with E-state index < -0.39 is 0 Å². The summed E-state index contributed by atoms with van der Waals surface area (Å²) in [6.45, 7) is 0. The maximum atomic E-state index is 11.9. The smallest absolute Gasteiger partial charge is 0.150 e. The van der Waals surface area contributed by atoms with Crippen LogP contribution in [-0.2, 0) is 4.79 Å². The average molecular weight is 241 g/mol. The number of Topliss-reactive ketones (excluding diaryl/α,β-unsaturated/α-hetero) is 1. The summed E-state index contributed by atoms with van der Waals surface area (Å²) in [4.78, 5) is 11.9. The van der Waals surface area contributed by atoms with E-state index in [1.54, 1.807) is 5.57 Å². The monoisotopic (exact) mass is 240 g/mol. The van der Waals surface area contributed by atoms with Crippen molar-refractivity contribution in [2.24, 2.45) is 11.8 Å². The van der Waals surface area contributed by atoms with Crippen molar-refractivity contribution in [3.63, 3.8) is 0 Å². The molecule has 0 unspecified atom stereocenters. The van der Waals surface area contributed by atoms with Gasteiger partial charge in [0.1, 0.15) is 5.78 Å². The van der Waals surface area contributed by atoms with Crippen LogP contribution in [0, 0.1) is 11.8 Å². The third-order valence-corrected chi connectivity index (χ3v) is 5.31. The molecule has 70 valence electrons. The molecule has 0 spiro atoms.